The number of guanidine groups is 1. The van der Waals surface area contributed by atoms with E-state index in [2.05, 4.69) is 39.1 Å². The summed E-state index contributed by atoms with van der Waals surface area (Å²) in [5.41, 5.74) is 0. The number of nitrogens with zero attached hydrogens (tertiary/aromatic N) is 2. The summed E-state index contributed by atoms with van der Waals surface area (Å²) in [6, 6.07) is 1.06. The van der Waals surface area contributed by atoms with Gasteiger partial charge < -0.3 is 15.5 Å². The average molecular weight is 475 g/mol. The third-order valence-electron chi connectivity index (χ3n) is 4.17. The van der Waals surface area contributed by atoms with Crippen molar-refractivity contribution in [1.82, 2.24) is 20.3 Å². The fourth-order valence-electron chi connectivity index (χ4n) is 2.57. The molecule has 0 spiro atoms. The summed E-state index contributed by atoms with van der Waals surface area (Å²) in [4.78, 5) is 6.74. The van der Waals surface area contributed by atoms with Gasteiger partial charge in [0.25, 0.3) is 0 Å². The quantitative estimate of drug-likeness (QED) is 0.211. The lowest BCUT2D eigenvalue weighted by Gasteiger charge is -2.35. The minimum atomic E-state index is -3.09. The first-order valence-electron chi connectivity index (χ1n) is 8.56. The topological polar surface area (TPSA) is 85.8 Å². The van der Waals surface area contributed by atoms with E-state index in [9.17, 15) is 8.42 Å². The van der Waals surface area contributed by atoms with Gasteiger partial charge in [-0.1, -0.05) is 0 Å². The number of likely N-dealkylation sites (tertiary alicyclic amines) is 1. The van der Waals surface area contributed by atoms with E-state index in [-0.39, 0.29) is 29.7 Å². The summed E-state index contributed by atoms with van der Waals surface area (Å²) in [7, 11) is -1.33. The molecule has 0 amide bonds. The van der Waals surface area contributed by atoms with Crippen LogP contribution in [0.3, 0.4) is 0 Å². The van der Waals surface area contributed by atoms with Crippen LogP contribution in [0.25, 0.3) is 0 Å². The van der Waals surface area contributed by atoms with E-state index >= 15 is 0 Å². The molecule has 0 unspecified atom stereocenters. The summed E-state index contributed by atoms with van der Waals surface area (Å²) in [5, 5.41) is 6.70. The first-order valence-corrected chi connectivity index (χ1v) is 10.2. The molecule has 1 aliphatic heterocycles. The van der Waals surface area contributed by atoms with Gasteiger partial charge in [-0.2, -0.15) is 0 Å². The van der Waals surface area contributed by atoms with Crippen molar-refractivity contribution in [2.75, 3.05) is 39.0 Å². The molecule has 0 aliphatic carbocycles. The fraction of sp³-hybridized carbons (Fsp3) is 0.933. The van der Waals surface area contributed by atoms with Gasteiger partial charge in [0, 0.05) is 45.3 Å². The largest absolute Gasteiger partial charge is 0.356 e. The number of piperidine rings is 1. The highest BCUT2D eigenvalue weighted by Crippen LogP contribution is 2.12. The van der Waals surface area contributed by atoms with Crippen LogP contribution in [-0.2, 0) is 10.0 Å². The van der Waals surface area contributed by atoms with Gasteiger partial charge in [0.15, 0.2) is 5.96 Å². The molecule has 0 radical (unpaired) electrons. The molecule has 24 heavy (non-hydrogen) atoms. The maximum Gasteiger partial charge on any atom is 0.211 e. The zero-order chi connectivity index (χ0) is 17.3. The van der Waals surface area contributed by atoms with Crippen LogP contribution in [0.1, 0.15) is 40.0 Å². The number of hydrogen-bond acceptors (Lipinski definition) is 4. The number of nitrogens with one attached hydrogen (secondary N) is 3. The molecular weight excluding hydrogens is 441 g/mol. The van der Waals surface area contributed by atoms with E-state index in [1.807, 2.05) is 0 Å². The van der Waals surface area contributed by atoms with E-state index in [0.29, 0.717) is 25.2 Å². The van der Waals surface area contributed by atoms with Gasteiger partial charge in [-0.25, -0.2) is 13.1 Å². The first-order chi connectivity index (χ1) is 10.9. The van der Waals surface area contributed by atoms with Crippen molar-refractivity contribution in [3.8, 4) is 0 Å². The van der Waals surface area contributed by atoms with Crippen LogP contribution >= 0.6 is 24.0 Å². The smallest absolute Gasteiger partial charge is 0.211 e. The molecule has 3 N–H and O–H groups in total. The van der Waals surface area contributed by atoms with Crippen molar-refractivity contribution in [2.45, 2.75) is 52.1 Å². The molecule has 0 saturated carbocycles. The van der Waals surface area contributed by atoms with E-state index in [4.69, 9.17) is 0 Å². The van der Waals surface area contributed by atoms with Crippen LogP contribution in [0, 0.1) is 0 Å². The molecule has 144 valence electrons. The van der Waals surface area contributed by atoms with Crippen molar-refractivity contribution < 1.29 is 8.42 Å². The third kappa shape index (κ3) is 9.38. The van der Waals surface area contributed by atoms with Crippen LogP contribution < -0.4 is 15.4 Å². The Morgan fingerprint density at radius 2 is 1.88 bits per heavy atom. The van der Waals surface area contributed by atoms with Gasteiger partial charge >= 0.3 is 0 Å². The van der Waals surface area contributed by atoms with Crippen LogP contribution in [0.2, 0.25) is 0 Å². The lowest BCUT2D eigenvalue weighted by Crippen LogP contribution is -2.50. The van der Waals surface area contributed by atoms with Crippen molar-refractivity contribution in [3.05, 3.63) is 0 Å². The van der Waals surface area contributed by atoms with Crippen molar-refractivity contribution in [3.63, 3.8) is 0 Å². The molecule has 0 bridgehead atoms. The molecule has 1 aliphatic rings. The second kappa shape index (κ2) is 12.3. The fourth-order valence-corrected chi connectivity index (χ4v) is 3.23. The zero-order valence-electron chi connectivity index (χ0n) is 15.3. The Bertz CT molecular complexity index is 462. The Morgan fingerprint density at radius 3 is 2.38 bits per heavy atom. The van der Waals surface area contributed by atoms with Gasteiger partial charge in [-0.05, 0) is 40.0 Å². The minimum absolute atomic E-state index is 0. The van der Waals surface area contributed by atoms with Crippen molar-refractivity contribution in [2.24, 2.45) is 4.99 Å². The maximum absolute atomic E-state index is 11.3. The van der Waals surface area contributed by atoms with E-state index in [1.165, 1.54) is 0 Å². The highest BCUT2D eigenvalue weighted by atomic mass is 127. The zero-order valence-corrected chi connectivity index (χ0v) is 18.5. The van der Waals surface area contributed by atoms with Crippen LogP contribution in [0.4, 0.5) is 0 Å². The van der Waals surface area contributed by atoms with Crippen molar-refractivity contribution >= 4 is 40.0 Å². The van der Waals surface area contributed by atoms with Crippen molar-refractivity contribution in [1.29, 1.82) is 0 Å². The lowest BCUT2D eigenvalue weighted by molar-refractivity contribution is 0.167. The standard InChI is InChI=1S/C15H33N5O2S.HI/c1-5-23(21,22)18-10-6-9-17-15(16-4)19-14-7-11-20(12-8-14)13(2)3;/h13-14,18H,5-12H2,1-4H3,(H2,16,17,19);1H. The summed E-state index contributed by atoms with van der Waals surface area (Å²) < 4.78 is 25.2. The number of rotatable bonds is 8. The Hall–Kier alpha value is -0.130. The number of hydrogen-bond donors (Lipinski definition) is 3. The van der Waals surface area contributed by atoms with Crippen LogP contribution in [0.5, 0.6) is 0 Å². The summed E-state index contributed by atoms with van der Waals surface area (Å²) >= 11 is 0. The Morgan fingerprint density at radius 1 is 1.25 bits per heavy atom. The number of aliphatic imine (C=N–C) groups is 1. The van der Waals surface area contributed by atoms with E-state index < -0.39 is 10.0 Å². The van der Waals surface area contributed by atoms with E-state index in [0.717, 1.165) is 38.3 Å². The highest BCUT2D eigenvalue weighted by molar-refractivity contribution is 14.0. The molecule has 9 heteroatoms. The van der Waals surface area contributed by atoms with E-state index in [1.54, 1.807) is 14.0 Å². The molecular formula is C15H34IN5O2S. The summed E-state index contributed by atoms with van der Waals surface area (Å²) in [6.07, 6.45) is 2.97. The molecule has 1 rings (SSSR count). The molecule has 1 saturated heterocycles. The number of halogens is 1. The van der Waals surface area contributed by atoms with Gasteiger partial charge in [0.2, 0.25) is 10.0 Å². The predicted octanol–water partition coefficient (Wildman–Crippen LogP) is 0.972. The molecule has 0 aromatic rings. The van der Waals surface area contributed by atoms with Gasteiger partial charge in [-0.15, -0.1) is 24.0 Å². The van der Waals surface area contributed by atoms with Gasteiger partial charge in [0.1, 0.15) is 0 Å². The third-order valence-corrected chi connectivity index (χ3v) is 5.58. The van der Waals surface area contributed by atoms with Crippen LogP contribution in [0.15, 0.2) is 4.99 Å². The molecule has 0 atom stereocenters. The van der Waals surface area contributed by atoms with Gasteiger partial charge in [-0.3, -0.25) is 4.99 Å². The Labute approximate surface area is 164 Å². The minimum Gasteiger partial charge on any atom is -0.356 e. The highest BCUT2D eigenvalue weighted by Gasteiger charge is 2.21. The molecule has 0 aromatic carbocycles. The summed E-state index contributed by atoms with van der Waals surface area (Å²) in [5.74, 6) is 0.921. The Kier molecular flexibility index (Phi) is 12.2. The maximum atomic E-state index is 11.3. The molecule has 7 nitrogen and oxygen atoms in total. The monoisotopic (exact) mass is 475 g/mol. The predicted molar refractivity (Wildman–Crippen MR) is 112 cm³/mol. The second-order valence-corrected chi connectivity index (χ2v) is 8.29. The average Bonchev–Trinajstić information content (AvgIpc) is 2.53. The Balaban J connectivity index is 0.00000529. The molecule has 0 aromatic heterocycles. The first kappa shape index (κ1) is 23.9. The van der Waals surface area contributed by atoms with Gasteiger partial charge in [0.05, 0.1) is 5.75 Å². The number of sulfonamides is 1. The second-order valence-electron chi connectivity index (χ2n) is 6.20. The summed E-state index contributed by atoms with van der Waals surface area (Å²) in [6.45, 7) is 9.49. The molecule has 1 heterocycles. The normalized spacial score (nSPS) is 17.6. The van der Waals surface area contributed by atoms with Crippen LogP contribution in [-0.4, -0.2) is 70.3 Å². The molecule has 1 fully saturated rings. The SMILES string of the molecule is CCS(=O)(=O)NCCCNC(=NC)NC1CCN(C(C)C)CC1.I. The lowest BCUT2D eigenvalue weighted by atomic mass is 10.0.